The minimum Gasteiger partial charge on any atom is -0.467 e. The molecule has 0 saturated heterocycles. The maximum Gasteiger partial charge on any atom is 0.419 e. The van der Waals surface area contributed by atoms with E-state index in [9.17, 15) is 14.4 Å². The number of nitrogens with zero attached hydrogens (tertiary/aromatic N) is 1. The van der Waals surface area contributed by atoms with Crippen LogP contribution in [0.1, 0.15) is 33.3 Å². The van der Waals surface area contributed by atoms with Gasteiger partial charge < -0.3 is 14.8 Å². The van der Waals surface area contributed by atoms with Crippen LogP contribution in [0.2, 0.25) is 0 Å². The maximum atomic E-state index is 12.6. The van der Waals surface area contributed by atoms with Gasteiger partial charge in [0, 0.05) is 24.2 Å². The Labute approximate surface area is 164 Å². The Hall–Kier alpha value is -3.09. The lowest BCUT2D eigenvalue weighted by Crippen LogP contribution is -2.36. The van der Waals surface area contributed by atoms with E-state index >= 15 is 0 Å². The number of ether oxygens (including phenoxy) is 2. The quantitative estimate of drug-likeness (QED) is 0.606. The van der Waals surface area contributed by atoms with Gasteiger partial charge in [0.1, 0.15) is 11.6 Å². The first-order valence-electron chi connectivity index (χ1n) is 8.95. The third-order valence-corrected chi connectivity index (χ3v) is 3.91. The zero-order valence-electron chi connectivity index (χ0n) is 16.8. The molecule has 1 N–H and O–H groups in total. The number of nitrogens with one attached hydrogen (secondary N) is 1. The molecule has 2 aromatic rings. The van der Waals surface area contributed by atoms with Crippen molar-refractivity contribution in [1.82, 2.24) is 9.88 Å². The van der Waals surface area contributed by atoms with Crippen molar-refractivity contribution >= 4 is 28.7 Å². The van der Waals surface area contributed by atoms with Gasteiger partial charge in [-0.1, -0.05) is 18.2 Å². The lowest BCUT2D eigenvalue weighted by molar-refractivity contribution is -0.142. The van der Waals surface area contributed by atoms with Gasteiger partial charge in [0.05, 0.1) is 12.6 Å². The number of rotatable bonds is 6. The second-order valence-electron chi connectivity index (χ2n) is 7.41. The van der Waals surface area contributed by atoms with E-state index in [4.69, 9.17) is 9.47 Å². The molecule has 1 aromatic heterocycles. The van der Waals surface area contributed by atoms with Gasteiger partial charge in [0.2, 0.25) is 0 Å². The van der Waals surface area contributed by atoms with Crippen LogP contribution in [0.4, 0.5) is 4.79 Å². The maximum absolute atomic E-state index is 12.6. The number of allylic oxidation sites excluding steroid dienone is 1. The number of esters is 1. The molecular formula is C21H26N2O5. The van der Waals surface area contributed by atoms with Crippen molar-refractivity contribution < 1.29 is 23.9 Å². The molecule has 150 valence electrons. The van der Waals surface area contributed by atoms with Gasteiger partial charge in [0.25, 0.3) is 0 Å². The Balaban J connectivity index is 2.38. The highest BCUT2D eigenvalue weighted by Gasteiger charge is 2.24. The molecule has 0 radical (unpaired) electrons. The van der Waals surface area contributed by atoms with Crippen LogP contribution in [0.3, 0.4) is 0 Å². The van der Waals surface area contributed by atoms with Gasteiger partial charge in [0.15, 0.2) is 5.78 Å². The molecule has 7 heteroatoms. The highest BCUT2D eigenvalue weighted by atomic mass is 16.6. The summed E-state index contributed by atoms with van der Waals surface area (Å²) >= 11 is 0. The number of methoxy groups -OCH3 is 1. The number of carbonyl (C=O) groups is 3. The summed E-state index contributed by atoms with van der Waals surface area (Å²) in [5.74, 6) is -0.611. The zero-order chi connectivity index (χ0) is 20.9. The molecule has 28 heavy (non-hydrogen) atoms. The molecule has 7 nitrogen and oxygen atoms in total. The van der Waals surface area contributed by atoms with Gasteiger partial charge in [-0.3, -0.25) is 9.36 Å². The van der Waals surface area contributed by atoms with E-state index in [0.717, 1.165) is 10.9 Å². The Morgan fingerprint density at radius 2 is 1.89 bits per heavy atom. The van der Waals surface area contributed by atoms with Gasteiger partial charge >= 0.3 is 12.1 Å². The molecule has 0 aliphatic rings. The molecule has 0 amide bonds. The number of fused-ring (bicyclic) bond motifs is 1. The summed E-state index contributed by atoms with van der Waals surface area (Å²) in [5, 5.41) is 3.72. The van der Waals surface area contributed by atoms with Crippen molar-refractivity contribution in [2.24, 2.45) is 0 Å². The van der Waals surface area contributed by atoms with E-state index in [1.54, 1.807) is 27.0 Å². The summed E-state index contributed by atoms with van der Waals surface area (Å²) in [6.07, 6.45) is 4.21. The highest BCUT2D eigenvalue weighted by molar-refractivity contribution is 5.92. The third-order valence-electron chi connectivity index (χ3n) is 3.91. The van der Waals surface area contributed by atoms with Crippen molar-refractivity contribution in [1.29, 1.82) is 0 Å². The lowest BCUT2D eigenvalue weighted by Gasteiger charge is -2.19. The van der Waals surface area contributed by atoms with Crippen molar-refractivity contribution in [3.63, 3.8) is 0 Å². The molecule has 1 atom stereocenters. The summed E-state index contributed by atoms with van der Waals surface area (Å²) in [5.41, 5.74) is 0.839. The Morgan fingerprint density at radius 1 is 1.21 bits per heavy atom. The van der Waals surface area contributed by atoms with Crippen molar-refractivity contribution in [2.75, 3.05) is 7.11 Å². The molecule has 0 aliphatic heterocycles. The number of hydrogen-bond donors (Lipinski definition) is 1. The lowest BCUT2D eigenvalue weighted by atomic mass is 10.1. The standard InChI is InChI=1S/C21H26N2O5/c1-14(24)10-11-22-17(19(25)27-5)12-15-13-23(20(26)28-21(2,3)4)18-9-7-6-8-16(15)18/h6-11,13,17,22H,12H2,1-5H3/b11-10+/t17-/m0/s1. The van der Waals surface area contributed by atoms with E-state index in [2.05, 4.69) is 5.32 Å². The Morgan fingerprint density at radius 3 is 2.50 bits per heavy atom. The first-order valence-corrected chi connectivity index (χ1v) is 8.95. The molecular weight excluding hydrogens is 360 g/mol. The summed E-state index contributed by atoms with van der Waals surface area (Å²) in [6.45, 7) is 6.82. The van der Waals surface area contributed by atoms with Crippen molar-refractivity contribution in [3.05, 3.63) is 48.3 Å². The molecule has 0 aliphatic carbocycles. The topological polar surface area (TPSA) is 86.6 Å². The number of para-hydroxylation sites is 1. The van der Waals surface area contributed by atoms with Crippen LogP contribution in [0, 0.1) is 0 Å². The van der Waals surface area contributed by atoms with E-state index in [-0.39, 0.29) is 12.2 Å². The first kappa shape index (κ1) is 21.2. The molecule has 1 heterocycles. The normalized spacial score (nSPS) is 12.8. The zero-order valence-corrected chi connectivity index (χ0v) is 16.8. The average Bonchev–Trinajstić information content (AvgIpc) is 2.97. The van der Waals surface area contributed by atoms with Crippen molar-refractivity contribution in [2.45, 2.75) is 45.8 Å². The summed E-state index contributed by atoms with van der Waals surface area (Å²) in [7, 11) is 1.30. The monoisotopic (exact) mass is 386 g/mol. The predicted octanol–water partition coefficient (Wildman–Crippen LogP) is 3.20. The molecule has 0 spiro atoms. The van der Waals surface area contributed by atoms with E-state index in [1.807, 2.05) is 24.3 Å². The molecule has 1 aromatic carbocycles. The second kappa shape index (κ2) is 8.73. The van der Waals surface area contributed by atoms with E-state index in [1.165, 1.54) is 30.9 Å². The highest BCUT2D eigenvalue weighted by Crippen LogP contribution is 2.24. The predicted molar refractivity (Wildman–Crippen MR) is 106 cm³/mol. The molecule has 2 rings (SSSR count). The fraction of sp³-hybridized carbons (Fsp3) is 0.381. The van der Waals surface area contributed by atoms with E-state index < -0.39 is 23.7 Å². The minimum atomic E-state index is -0.710. The molecule has 0 saturated carbocycles. The fourth-order valence-corrected chi connectivity index (χ4v) is 2.73. The smallest absolute Gasteiger partial charge is 0.419 e. The molecule has 0 bridgehead atoms. The number of carbonyl (C=O) groups excluding carboxylic acids is 3. The summed E-state index contributed by atoms with van der Waals surface area (Å²) in [6, 6.07) is 6.68. The SMILES string of the molecule is COC(=O)[C@H](Cc1cn(C(=O)OC(C)(C)C)c2ccccc12)N/C=C/C(C)=O. The Kier molecular flexibility index (Phi) is 6.62. The number of hydrogen-bond acceptors (Lipinski definition) is 6. The van der Waals surface area contributed by atoms with Crippen LogP contribution >= 0.6 is 0 Å². The van der Waals surface area contributed by atoms with Crippen molar-refractivity contribution in [3.8, 4) is 0 Å². The third kappa shape index (κ3) is 5.45. The number of aromatic nitrogens is 1. The van der Waals surface area contributed by atoms with Gasteiger partial charge in [-0.15, -0.1) is 0 Å². The minimum absolute atomic E-state index is 0.141. The van der Waals surface area contributed by atoms with Crippen LogP contribution in [0.5, 0.6) is 0 Å². The molecule has 0 unspecified atom stereocenters. The largest absolute Gasteiger partial charge is 0.467 e. The van der Waals surface area contributed by atoms with Gasteiger partial charge in [-0.05, 0) is 45.4 Å². The summed E-state index contributed by atoms with van der Waals surface area (Å²) < 4.78 is 11.8. The van der Waals surface area contributed by atoms with Crippen LogP contribution in [0.25, 0.3) is 10.9 Å². The van der Waals surface area contributed by atoms with E-state index in [0.29, 0.717) is 5.52 Å². The van der Waals surface area contributed by atoms with Crippen LogP contribution in [-0.2, 0) is 25.5 Å². The molecule has 0 fully saturated rings. The van der Waals surface area contributed by atoms with Gasteiger partial charge in [-0.25, -0.2) is 9.59 Å². The number of ketones is 1. The first-order chi connectivity index (χ1) is 13.1. The van der Waals surface area contributed by atoms with Crippen LogP contribution in [0.15, 0.2) is 42.7 Å². The fourth-order valence-electron chi connectivity index (χ4n) is 2.73. The van der Waals surface area contributed by atoms with Crippen LogP contribution < -0.4 is 5.32 Å². The van der Waals surface area contributed by atoms with Gasteiger partial charge in [-0.2, -0.15) is 0 Å². The average molecular weight is 386 g/mol. The van der Waals surface area contributed by atoms with Crippen LogP contribution in [-0.4, -0.2) is 41.2 Å². The second-order valence-corrected chi connectivity index (χ2v) is 7.41. The Bertz CT molecular complexity index is 905. The number of benzene rings is 1. The summed E-state index contributed by atoms with van der Waals surface area (Å²) in [4.78, 5) is 35.8.